The number of aromatic nitrogens is 4. The number of amides is 1. The molecule has 1 amide bonds. The van der Waals surface area contributed by atoms with Crippen molar-refractivity contribution in [3.63, 3.8) is 0 Å². The third-order valence-electron chi connectivity index (χ3n) is 5.25. The molecule has 0 radical (unpaired) electrons. The fraction of sp³-hybridized carbons (Fsp3) is 0.421. The summed E-state index contributed by atoms with van der Waals surface area (Å²) in [4.78, 5) is 32.3. The van der Waals surface area contributed by atoms with Gasteiger partial charge in [-0.25, -0.2) is 9.78 Å². The number of halogens is 1. The number of nitrogens with zero attached hydrogens (tertiary/aromatic N) is 5. The van der Waals surface area contributed by atoms with Gasteiger partial charge in [0.05, 0.1) is 11.0 Å². The van der Waals surface area contributed by atoms with Crippen molar-refractivity contribution in [1.82, 2.24) is 28.9 Å². The highest BCUT2D eigenvalue weighted by molar-refractivity contribution is 5.85. The Bertz CT molecular complexity index is 1040. The molecule has 9 heteroatoms. The van der Waals surface area contributed by atoms with Gasteiger partial charge >= 0.3 is 5.69 Å². The average molecular weight is 405 g/mol. The number of imidazole rings is 2. The minimum atomic E-state index is -0.143. The lowest BCUT2D eigenvalue weighted by atomic mass is 10.1. The monoisotopic (exact) mass is 404 g/mol. The molecular weight excluding hydrogens is 380 g/mol. The normalized spacial score (nSPS) is 16.9. The van der Waals surface area contributed by atoms with Crippen molar-refractivity contribution in [2.24, 2.45) is 7.05 Å². The molecule has 1 atom stereocenters. The molecule has 0 saturated carbocycles. The zero-order valence-electron chi connectivity index (χ0n) is 16.0. The minimum absolute atomic E-state index is 0. The predicted octanol–water partition coefficient (Wildman–Crippen LogP) is 1.15. The Morgan fingerprint density at radius 1 is 1.25 bits per heavy atom. The first-order valence-corrected chi connectivity index (χ1v) is 9.27. The van der Waals surface area contributed by atoms with Crippen LogP contribution in [0, 0.1) is 0 Å². The van der Waals surface area contributed by atoms with E-state index in [0.717, 1.165) is 23.4 Å². The molecule has 28 heavy (non-hydrogen) atoms. The van der Waals surface area contributed by atoms with Gasteiger partial charge in [0.1, 0.15) is 18.4 Å². The van der Waals surface area contributed by atoms with E-state index in [4.69, 9.17) is 0 Å². The van der Waals surface area contributed by atoms with Crippen LogP contribution in [0.4, 0.5) is 0 Å². The van der Waals surface area contributed by atoms with Gasteiger partial charge in [0.25, 0.3) is 0 Å². The number of aryl methyl sites for hydroxylation is 2. The summed E-state index contributed by atoms with van der Waals surface area (Å²) in [6, 6.07) is 7.48. The summed E-state index contributed by atoms with van der Waals surface area (Å²) in [5.41, 5.74) is 1.51. The Hall–Kier alpha value is -2.58. The van der Waals surface area contributed by atoms with E-state index in [2.05, 4.69) is 10.3 Å². The smallest absolute Gasteiger partial charge is 0.329 e. The van der Waals surface area contributed by atoms with Crippen LogP contribution in [-0.2, 0) is 24.9 Å². The average Bonchev–Trinajstić information content (AvgIpc) is 3.23. The lowest BCUT2D eigenvalue weighted by molar-refractivity contribution is -0.135. The quantitative estimate of drug-likeness (QED) is 0.707. The molecule has 3 heterocycles. The Labute approximate surface area is 169 Å². The number of piperazine rings is 1. The van der Waals surface area contributed by atoms with Gasteiger partial charge < -0.3 is 14.8 Å². The Morgan fingerprint density at radius 2 is 1.96 bits per heavy atom. The number of para-hydroxylation sites is 2. The van der Waals surface area contributed by atoms with Gasteiger partial charge in [-0.15, -0.1) is 12.4 Å². The predicted molar refractivity (Wildman–Crippen MR) is 110 cm³/mol. The number of rotatable bonds is 4. The summed E-state index contributed by atoms with van der Waals surface area (Å²) in [6.07, 6.45) is 3.62. The molecule has 1 aliphatic heterocycles. The zero-order chi connectivity index (χ0) is 19.0. The standard InChI is InChI=1S/C19H24N6O2.ClH/c1-3-23-14-6-4-5-7-15(14)25(19(23)27)13-17(26)24-11-8-20-12-16(24)18-21-9-10-22(18)2;/h4-7,9-10,16,20H,3,8,11-13H2,1-2H3;1H. The van der Waals surface area contributed by atoms with Crippen molar-refractivity contribution >= 4 is 29.3 Å². The molecule has 0 aliphatic carbocycles. The second-order valence-corrected chi connectivity index (χ2v) is 6.81. The van der Waals surface area contributed by atoms with E-state index in [0.29, 0.717) is 19.6 Å². The van der Waals surface area contributed by atoms with Crippen LogP contribution in [0.3, 0.4) is 0 Å². The van der Waals surface area contributed by atoms with Crippen molar-refractivity contribution in [3.05, 3.63) is 53.0 Å². The number of hydrogen-bond donors (Lipinski definition) is 1. The number of fused-ring (bicyclic) bond motifs is 1. The summed E-state index contributed by atoms with van der Waals surface area (Å²) in [5, 5.41) is 3.33. The van der Waals surface area contributed by atoms with Crippen LogP contribution in [0.15, 0.2) is 41.5 Å². The Kier molecular flexibility index (Phi) is 5.90. The molecule has 1 saturated heterocycles. The van der Waals surface area contributed by atoms with Crippen molar-refractivity contribution < 1.29 is 4.79 Å². The molecule has 1 fully saturated rings. The molecule has 4 rings (SSSR count). The molecule has 150 valence electrons. The summed E-state index contributed by atoms with van der Waals surface area (Å²) in [6.45, 7) is 4.53. The van der Waals surface area contributed by atoms with Gasteiger partial charge in [0.2, 0.25) is 5.91 Å². The van der Waals surface area contributed by atoms with Gasteiger partial charge in [-0.3, -0.25) is 13.9 Å². The van der Waals surface area contributed by atoms with E-state index >= 15 is 0 Å². The van der Waals surface area contributed by atoms with E-state index in [1.54, 1.807) is 15.3 Å². The number of hydrogen-bond acceptors (Lipinski definition) is 4. The molecule has 1 aromatic carbocycles. The second kappa shape index (κ2) is 8.20. The van der Waals surface area contributed by atoms with Crippen LogP contribution in [0.5, 0.6) is 0 Å². The second-order valence-electron chi connectivity index (χ2n) is 6.81. The molecule has 0 bridgehead atoms. The maximum atomic E-state index is 13.2. The lowest BCUT2D eigenvalue weighted by Gasteiger charge is -2.35. The van der Waals surface area contributed by atoms with Crippen LogP contribution in [0.2, 0.25) is 0 Å². The minimum Gasteiger partial charge on any atom is -0.336 e. The fourth-order valence-corrected chi connectivity index (χ4v) is 3.89. The van der Waals surface area contributed by atoms with E-state index in [1.165, 1.54) is 0 Å². The van der Waals surface area contributed by atoms with Crippen LogP contribution >= 0.6 is 12.4 Å². The van der Waals surface area contributed by atoms with Crippen LogP contribution in [0.25, 0.3) is 11.0 Å². The summed E-state index contributed by atoms with van der Waals surface area (Å²) < 4.78 is 5.22. The van der Waals surface area contributed by atoms with Crippen molar-refractivity contribution in [2.75, 3.05) is 19.6 Å². The zero-order valence-corrected chi connectivity index (χ0v) is 16.9. The van der Waals surface area contributed by atoms with Gasteiger partial charge in [-0.2, -0.15) is 0 Å². The molecule has 2 aromatic heterocycles. The largest absolute Gasteiger partial charge is 0.336 e. The van der Waals surface area contributed by atoms with Crippen LogP contribution in [-0.4, -0.2) is 49.1 Å². The highest BCUT2D eigenvalue weighted by atomic mass is 35.5. The van der Waals surface area contributed by atoms with E-state index in [9.17, 15) is 9.59 Å². The van der Waals surface area contributed by atoms with Crippen molar-refractivity contribution in [1.29, 1.82) is 0 Å². The van der Waals surface area contributed by atoms with Gasteiger partial charge in [0, 0.05) is 45.6 Å². The number of benzene rings is 1. The van der Waals surface area contributed by atoms with Crippen LogP contribution in [0.1, 0.15) is 18.8 Å². The van der Waals surface area contributed by atoms with E-state index < -0.39 is 0 Å². The molecule has 3 aromatic rings. The first-order valence-electron chi connectivity index (χ1n) is 9.27. The van der Waals surface area contributed by atoms with Crippen molar-refractivity contribution in [3.8, 4) is 0 Å². The van der Waals surface area contributed by atoms with E-state index in [1.807, 2.05) is 53.9 Å². The van der Waals surface area contributed by atoms with Gasteiger partial charge in [-0.05, 0) is 19.1 Å². The van der Waals surface area contributed by atoms with E-state index in [-0.39, 0.29) is 36.6 Å². The number of carbonyl (C=O) groups excluding carboxylic acids is 1. The molecule has 0 spiro atoms. The Balaban J connectivity index is 0.00000225. The maximum Gasteiger partial charge on any atom is 0.329 e. The molecular formula is C19H25ClN6O2. The third-order valence-corrected chi connectivity index (χ3v) is 5.25. The Morgan fingerprint density at radius 3 is 2.61 bits per heavy atom. The van der Waals surface area contributed by atoms with Gasteiger partial charge in [-0.1, -0.05) is 12.1 Å². The van der Waals surface area contributed by atoms with Crippen LogP contribution < -0.4 is 11.0 Å². The molecule has 1 unspecified atom stereocenters. The van der Waals surface area contributed by atoms with Gasteiger partial charge in [0.15, 0.2) is 0 Å². The lowest BCUT2D eigenvalue weighted by Crippen LogP contribution is -2.50. The third kappa shape index (κ3) is 3.33. The molecule has 1 N–H and O–H groups in total. The molecule has 1 aliphatic rings. The SMILES string of the molecule is CCn1c(=O)n(CC(=O)N2CCNCC2c2nccn2C)c2ccccc21.Cl. The summed E-state index contributed by atoms with van der Waals surface area (Å²) in [7, 11) is 1.93. The summed E-state index contributed by atoms with van der Waals surface area (Å²) in [5.74, 6) is 0.782. The maximum absolute atomic E-state index is 13.2. The first-order chi connectivity index (χ1) is 13.1. The summed E-state index contributed by atoms with van der Waals surface area (Å²) >= 11 is 0. The molecule has 8 nitrogen and oxygen atoms in total. The first kappa shape index (κ1) is 20.2. The van der Waals surface area contributed by atoms with Crippen molar-refractivity contribution in [2.45, 2.75) is 26.1 Å². The highest BCUT2D eigenvalue weighted by Crippen LogP contribution is 2.21. The number of nitrogens with one attached hydrogen (secondary N) is 1. The fourth-order valence-electron chi connectivity index (χ4n) is 3.89. The topological polar surface area (TPSA) is 77.1 Å². The highest BCUT2D eigenvalue weighted by Gasteiger charge is 2.31. The number of carbonyl (C=O) groups is 1.